The standard InChI is InChI=1S/C28H22BrNO/c29-22-15-16-24-26(17-22)31-19-28(24)18-30(25-14-8-7-13-23(25)28)27(20-9-3-1-4-10-20)21-11-5-2-6-12-21/h1-17,27H,18-19H2. The molecule has 2 aliphatic rings. The average molecular weight is 468 g/mol. The largest absolute Gasteiger partial charge is 0.492 e. The van der Waals surface area contributed by atoms with E-state index in [1.165, 1.54) is 27.9 Å². The van der Waals surface area contributed by atoms with Gasteiger partial charge in [0.1, 0.15) is 12.4 Å². The maximum absolute atomic E-state index is 6.26. The Morgan fingerprint density at radius 2 is 1.39 bits per heavy atom. The number of hydrogen-bond donors (Lipinski definition) is 0. The molecule has 2 aliphatic heterocycles. The van der Waals surface area contributed by atoms with Gasteiger partial charge >= 0.3 is 0 Å². The average Bonchev–Trinajstić information content (AvgIpc) is 3.34. The van der Waals surface area contributed by atoms with Crippen LogP contribution < -0.4 is 9.64 Å². The van der Waals surface area contributed by atoms with Crippen molar-refractivity contribution in [2.75, 3.05) is 18.1 Å². The van der Waals surface area contributed by atoms with Crippen molar-refractivity contribution >= 4 is 21.6 Å². The molecule has 0 N–H and O–H groups in total. The Bertz CT molecular complexity index is 1200. The summed E-state index contributed by atoms with van der Waals surface area (Å²) in [5.41, 5.74) is 6.37. The molecule has 152 valence electrons. The molecule has 0 bridgehead atoms. The zero-order valence-electron chi connectivity index (χ0n) is 17.0. The number of hydrogen-bond acceptors (Lipinski definition) is 2. The minimum absolute atomic E-state index is 0.141. The third-order valence-electron chi connectivity index (χ3n) is 6.64. The molecule has 4 aromatic carbocycles. The van der Waals surface area contributed by atoms with Crippen LogP contribution in [-0.4, -0.2) is 13.2 Å². The van der Waals surface area contributed by atoms with Crippen LogP contribution in [0.5, 0.6) is 5.75 Å². The fraction of sp³-hybridized carbons (Fsp3) is 0.143. The lowest BCUT2D eigenvalue weighted by molar-refractivity contribution is 0.298. The summed E-state index contributed by atoms with van der Waals surface area (Å²) in [6.45, 7) is 1.55. The van der Waals surface area contributed by atoms with E-state index in [0.717, 1.165) is 16.8 Å². The van der Waals surface area contributed by atoms with E-state index >= 15 is 0 Å². The first-order valence-electron chi connectivity index (χ1n) is 10.7. The van der Waals surface area contributed by atoms with Crippen LogP contribution in [0.2, 0.25) is 0 Å². The highest BCUT2D eigenvalue weighted by Crippen LogP contribution is 2.54. The van der Waals surface area contributed by atoms with Crippen LogP contribution in [0.15, 0.2) is 108 Å². The lowest BCUT2D eigenvalue weighted by Crippen LogP contribution is -2.38. The summed E-state index contributed by atoms with van der Waals surface area (Å²) in [7, 11) is 0. The van der Waals surface area contributed by atoms with Gasteiger partial charge in [0.2, 0.25) is 0 Å². The Hall–Kier alpha value is -3.04. The number of rotatable bonds is 3. The van der Waals surface area contributed by atoms with E-state index in [4.69, 9.17) is 4.74 Å². The predicted molar refractivity (Wildman–Crippen MR) is 129 cm³/mol. The molecule has 2 nitrogen and oxygen atoms in total. The monoisotopic (exact) mass is 467 g/mol. The number of para-hydroxylation sites is 1. The van der Waals surface area contributed by atoms with Gasteiger partial charge in [0.25, 0.3) is 0 Å². The first-order chi connectivity index (χ1) is 15.3. The SMILES string of the molecule is Brc1ccc2c(c1)OCC21CN(C(c2ccccc2)c2ccccc2)c2ccccc21. The molecule has 1 unspecified atom stereocenters. The molecule has 0 radical (unpaired) electrons. The van der Waals surface area contributed by atoms with Crippen molar-refractivity contribution in [2.45, 2.75) is 11.5 Å². The van der Waals surface area contributed by atoms with E-state index in [-0.39, 0.29) is 11.5 Å². The molecular formula is C28H22BrNO. The first kappa shape index (κ1) is 18.7. The molecule has 3 heteroatoms. The molecule has 1 atom stereocenters. The number of fused-ring (bicyclic) bond motifs is 4. The van der Waals surface area contributed by atoms with Crippen LogP contribution in [0.3, 0.4) is 0 Å². The van der Waals surface area contributed by atoms with Gasteiger partial charge in [-0.3, -0.25) is 0 Å². The number of benzene rings is 4. The summed E-state index contributed by atoms with van der Waals surface area (Å²) in [5, 5.41) is 0. The van der Waals surface area contributed by atoms with Crippen molar-refractivity contribution < 1.29 is 4.74 Å². The van der Waals surface area contributed by atoms with E-state index in [0.29, 0.717) is 6.61 Å². The van der Waals surface area contributed by atoms with Gasteiger partial charge < -0.3 is 9.64 Å². The Morgan fingerprint density at radius 3 is 2.10 bits per heavy atom. The summed E-state index contributed by atoms with van der Waals surface area (Å²) < 4.78 is 7.31. The van der Waals surface area contributed by atoms with Gasteiger partial charge in [-0.25, -0.2) is 0 Å². The van der Waals surface area contributed by atoms with Gasteiger partial charge in [0.05, 0.1) is 11.5 Å². The highest BCUT2D eigenvalue weighted by molar-refractivity contribution is 9.10. The van der Waals surface area contributed by atoms with Gasteiger partial charge in [-0.15, -0.1) is 0 Å². The van der Waals surface area contributed by atoms with Crippen LogP contribution in [0.25, 0.3) is 0 Å². The minimum Gasteiger partial charge on any atom is -0.492 e. The molecular weight excluding hydrogens is 446 g/mol. The summed E-state index contributed by atoms with van der Waals surface area (Å²) in [4.78, 5) is 2.57. The Kier molecular flexibility index (Phi) is 4.39. The van der Waals surface area contributed by atoms with Gasteiger partial charge in [-0.2, -0.15) is 0 Å². The highest BCUT2D eigenvalue weighted by atomic mass is 79.9. The third kappa shape index (κ3) is 2.91. The molecule has 4 aromatic rings. The van der Waals surface area contributed by atoms with Gasteiger partial charge in [0, 0.05) is 22.3 Å². The van der Waals surface area contributed by atoms with Crippen molar-refractivity contribution in [3.8, 4) is 5.75 Å². The summed E-state index contributed by atoms with van der Waals surface area (Å²) in [6, 6.07) is 37.1. The minimum atomic E-state index is -0.158. The molecule has 0 aromatic heterocycles. The highest BCUT2D eigenvalue weighted by Gasteiger charge is 2.51. The number of halogens is 1. The molecule has 0 aliphatic carbocycles. The van der Waals surface area contributed by atoms with Crippen molar-refractivity contribution in [3.63, 3.8) is 0 Å². The van der Waals surface area contributed by atoms with E-state index in [1.54, 1.807) is 0 Å². The van der Waals surface area contributed by atoms with Crippen molar-refractivity contribution in [2.24, 2.45) is 0 Å². The zero-order chi connectivity index (χ0) is 20.8. The van der Waals surface area contributed by atoms with Crippen molar-refractivity contribution in [3.05, 3.63) is 130 Å². The maximum atomic E-state index is 6.26. The quantitative estimate of drug-likeness (QED) is 0.330. The van der Waals surface area contributed by atoms with Crippen LogP contribution in [-0.2, 0) is 5.41 Å². The zero-order valence-corrected chi connectivity index (χ0v) is 18.6. The summed E-state index contributed by atoms with van der Waals surface area (Å²) in [6.07, 6.45) is 0. The normalized spacial score (nSPS) is 18.8. The van der Waals surface area contributed by atoms with Crippen LogP contribution >= 0.6 is 15.9 Å². The Labute approximate surface area is 191 Å². The second-order valence-corrected chi connectivity index (χ2v) is 9.30. The van der Waals surface area contributed by atoms with E-state index in [9.17, 15) is 0 Å². The van der Waals surface area contributed by atoms with Crippen molar-refractivity contribution in [1.29, 1.82) is 0 Å². The van der Waals surface area contributed by atoms with Gasteiger partial charge in [-0.1, -0.05) is 101 Å². The molecule has 2 heterocycles. The number of anilines is 1. The molecule has 0 fully saturated rings. The van der Waals surface area contributed by atoms with Gasteiger partial charge in [0.15, 0.2) is 0 Å². The Balaban J connectivity index is 1.54. The third-order valence-corrected chi connectivity index (χ3v) is 7.14. The maximum Gasteiger partial charge on any atom is 0.124 e. The summed E-state index contributed by atoms with van der Waals surface area (Å²) >= 11 is 3.60. The predicted octanol–water partition coefficient (Wildman–Crippen LogP) is 6.74. The van der Waals surface area contributed by atoms with E-state index in [2.05, 4.69) is 124 Å². The first-order valence-corrected chi connectivity index (χ1v) is 11.4. The molecule has 6 rings (SSSR count). The second kappa shape index (κ2) is 7.28. The van der Waals surface area contributed by atoms with E-state index < -0.39 is 0 Å². The topological polar surface area (TPSA) is 12.5 Å². The van der Waals surface area contributed by atoms with Crippen LogP contribution in [0.4, 0.5) is 5.69 Å². The molecule has 0 saturated carbocycles. The van der Waals surface area contributed by atoms with Crippen LogP contribution in [0, 0.1) is 0 Å². The van der Waals surface area contributed by atoms with Crippen LogP contribution in [0.1, 0.15) is 28.3 Å². The lowest BCUT2D eigenvalue weighted by atomic mass is 9.78. The second-order valence-electron chi connectivity index (χ2n) is 8.38. The van der Waals surface area contributed by atoms with Gasteiger partial charge in [-0.05, 0) is 34.9 Å². The Morgan fingerprint density at radius 1 is 0.742 bits per heavy atom. The lowest BCUT2D eigenvalue weighted by Gasteiger charge is -2.33. The molecule has 31 heavy (non-hydrogen) atoms. The summed E-state index contributed by atoms with van der Waals surface area (Å²) in [5.74, 6) is 0.988. The fourth-order valence-corrected chi connectivity index (χ4v) is 5.63. The number of nitrogens with zero attached hydrogens (tertiary/aromatic N) is 1. The number of ether oxygens (including phenoxy) is 1. The molecule has 0 amide bonds. The molecule has 1 spiro atoms. The van der Waals surface area contributed by atoms with Crippen molar-refractivity contribution in [1.82, 2.24) is 0 Å². The smallest absolute Gasteiger partial charge is 0.124 e. The molecule has 0 saturated heterocycles. The fourth-order valence-electron chi connectivity index (χ4n) is 5.29. The van der Waals surface area contributed by atoms with E-state index in [1.807, 2.05) is 0 Å².